The number of carbonyl (C=O) groups excluding carboxylic acids is 3. The van der Waals surface area contributed by atoms with Gasteiger partial charge in [0.2, 0.25) is 0 Å². The molecule has 0 aliphatic rings. The van der Waals surface area contributed by atoms with Crippen LogP contribution in [0.25, 0.3) is 0 Å². The maximum atomic E-state index is 12.0. The average Bonchev–Trinajstić information content (AvgIpc) is 3.16. The first-order valence-corrected chi connectivity index (χ1v) is 8.55. The summed E-state index contributed by atoms with van der Waals surface area (Å²) < 4.78 is 9.51. The Morgan fingerprint density at radius 3 is 2.48 bits per heavy atom. The highest BCUT2D eigenvalue weighted by atomic mass is 32.1. The Labute approximate surface area is 158 Å². The molecule has 0 fully saturated rings. The molecule has 1 amide bonds. The lowest BCUT2D eigenvalue weighted by Crippen LogP contribution is -2.44. The second kappa shape index (κ2) is 9.43. The van der Waals surface area contributed by atoms with Crippen LogP contribution in [0.3, 0.4) is 0 Å². The van der Waals surface area contributed by atoms with Crippen molar-refractivity contribution in [3.05, 3.63) is 63.0 Å². The van der Waals surface area contributed by atoms with Crippen molar-refractivity contribution in [1.29, 1.82) is 0 Å². The van der Waals surface area contributed by atoms with Gasteiger partial charge in [0.1, 0.15) is 10.9 Å². The van der Waals surface area contributed by atoms with E-state index in [0.717, 1.165) is 5.56 Å². The lowest BCUT2D eigenvalue weighted by molar-refractivity contribution is -0.380. The average molecular weight is 392 g/mol. The Kier molecular flexibility index (Phi) is 7.00. The normalized spacial score (nSPS) is 11.3. The van der Waals surface area contributed by atoms with Gasteiger partial charge in [0.25, 0.3) is 5.91 Å². The van der Waals surface area contributed by atoms with E-state index >= 15 is 0 Å². The topological polar surface area (TPSA) is 125 Å². The molecule has 1 heterocycles. The lowest BCUT2D eigenvalue weighted by atomic mass is 10.1. The molecule has 1 atom stereocenters. The molecule has 142 valence electrons. The summed E-state index contributed by atoms with van der Waals surface area (Å²) in [7, 11) is 1.20. The Balaban J connectivity index is 1.91. The van der Waals surface area contributed by atoms with Crippen LogP contribution in [0.1, 0.15) is 15.2 Å². The van der Waals surface area contributed by atoms with Crippen LogP contribution in [0, 0.1) is 10.1 Å². The van der Waals surface area contributed by atoms with Gasteiger partial charge >= 0.3 is 16.9 Å². The largest absolute Gasteiger partial charge is 0.467 e. The summed E-state index contributed by atoms with van der Waals surface area (Å²) in [4.78, 5) is 45.7. The third-order valence-corrected chi connectivity index (χ3v) is 4.43. The van der Waals surface area contributed by atoms with Gasteiger partial charge in [0.05, 0.1) is 12.0 Å². The highest BCUT2D eigenvalue weighted by Crippen LogP contribution is 2.24. The van der Waals surface area contributed by atoms with Crippen molar-refractivity contribution in [3.8, 4) is 0 Å². The van der Waals surface area contributed by atoms with E-state index in [-0.39, 0.29) is 16.3 Å². The lowest BCUT2D eigenvalue weighted by Gasteiger charge is -2.16. The quantitative estimate of drug-likeness (QED) is 0.412. The van der Waals surface area contributed by atoms with E-state index in [9.17, 15) is 24.5 Å². The zero-order valence-corrected chi connectivity index (χ0v) is 15.1. The van der Waals surface area contributed by atoms with Crippen LogP contribution in [0.2, 0.25) is 0 Å². The highest BCUT2D eigenvalue weighted by molar-refractivity contribution is 7.17. The van der Waals surface area contributed by atoms with Crippen LogP contribution in [-0.2, 0) is 25.5 Å². The maximum Gasteiger partial charge on any atom is 0.349 e. The molecule has 1 N–H and O–H groups in total. The van der Waals surface area contributed by atoms with Crippen molar-refractivity contribution in [2.24, 2.45) is 0 Å². The van der Waals surface area contributed by atoms with Crippen molar-refractivity contribution in [2.45, 2.75) is 12.5 Å². The molecule has 0 bridgehead atoms. The van der Waals surface area contributed by atoms with Gasteiger partial charge < -0.3 is 14.8 Å². The van der Waals surface area contributed by atoms with Crippen LogP contribution < -0.4 is 5.32 Å². The molecule has 0 unspecified atom stereocenters. The summed E-state index contributed by atoms with van der Waals surface area (Å²) in [5, 5.41) is 12.9. The highest BCUT2D eigenvalue weighted by Gasteiger charge is 2.23. The number of nitrogens with zero attached hydrogens (tertiary/aromatic N) is 1. The van der Waals surface area contributed by atoms with Gasteiger partial charge in [-0.05, 0) is 11.6 Å². The number of ether oxygens (including phenoxy) is 2. The van der Waals surface area contributed by atoms with Crippen molar-refractivity contribution in [3.63, 3.8) is 0 Å². The molecule has 10 heteroatoms. The predicted molar refractivity (Wildman–Crippen MR) is 95.3 cm³/mol. The van der Waals surface area contributed by atoms with Gasteiger partial charge in [-0.2, -0.15) is 0 Å². The van der Waals surface area contributed by atoms with Crippen LogP contribution in [0.15, 0.2) is 42.5 Å². The fraction of sp³-hybridized carbons (Fsp3) is 0.235. The zero-order valence-electron chi connectivity index (χ0n) is 14.2. The first-order chi connectivity index (χ1) is 12.9. The van der Waals surface area contributed by atoms with E-state index < -0.39 is 35.4 Å². The van der Waals surface area contributed by atoms with E-state index in [1.165, 1.54) is 19.2 Å². The SMILES string of the molecule is COC(=O)[C@H](Cc1ccccc1)NC(=O)COC(=O)c1ccc([N+](=O)[O-])s1. The number of benzene rings is 1. The third kappa shape index (κ3) is 5.89. The molecule has 0 aliphatic heterocycles. The molecule has 2 aromatic rings. The number of nitrogens with one attached hydrogen (secondary N) is 1. The summed E-state index contributed by atoms with van der Waals surface area (Å²) in [6.45, 7) is -0.632. The standard InChI is InChI=1S/C17H16N2O7S/c1-25-16(21)12(9-11-5-3-2-4-6-11)18-14(20)10-26-17(22)13-7-8-15(27-13)19(23)24/h2-8,12H,9-10H2,1H3,(H,18,20)/t12-/m0/s1. The minimum atomic E-state index is -0.938. The van der Waals surface area contributed by atoms with Gasteiger partial charge in [0, 0.05) is 12.5 Å². The van der Waals surface area contributed by atoms with Gasteiger partial charge in [-0.1, -0.05) is 41.7 Å². The van der Waals surface area contributed by atoms with Gasteiger partial charge in [-0.3, -0.25) is 14.9 Å². The summed E-state index contributed by atoms with van der Waals surface area (Å²) in [5.74, 6) is -2.19. The number of rotatable bonds is 8. The first kappa shape index (κ1) is 20.0. The molecule has 0 saturated heterocycles. The monoisotopic (exact) mass is 392 g/mol. The summed E-state index contributed by atoms with van der Waals surface area (Å²) in [5.41, 5.74) is 0.816. The maximum absolute atomic E-state index is 12.0. The Hall–Kier alpha value is -3.27. The minimum Gasteiger partial charge on any atom is -0.467 e. The number of carbonyl (C=O) groups is 3. The van der Waals surface area contributed by atoms with E-state index in [0.29, 0.717) is 11.3 Å². The van der Waals surface area contributed by atoms with Crippen molar-refractivity contribution >= 4 is 34.2 Å². The van der Waals surface area contributed by atoms with Gasteiger partial charge in [-0.25, -0.2) is 9.59 Å². The fourth-order valence-corrected chi connectivity index (χ4v) is 2.87. The number of thiophene rings is 1. The van der Waals surface area contributed by atoms with Crippen LogP contribution in [0.4, 0.5) is 5.00 Å². The van der Waals surface area contributed by atoms with Gasteiger partial charge in [-0.15, -0.1) is 0 Å². The van der Waals surface area contributed by atoms with Crippen LogP contribution >= 0.6 is 11.3 Å². The predicted octanol–water partition coefficient (Wildman–Crippen LogP) is 1.71. The van der Waals surface area contributed by atoms with Crippen LogP contribution in [-0.4, -0.2) is 42.5 Å². The van der Waals surface area contributed by atoms with E-state index in [4.69, 9.17) is 4.74 Å². The molecule has 1 aromatic carbocycles. The Morgan fingerprint density at radius 1 is 1.19 bits per heavy atom. The summed E-state index contributed by atoms with van der Waals surface area (Å²) in [6, 6.07) is 10.5. The molecule has 9 nitrogen and oxygen atoms in total. The minimum absolute atomic E-state index is 0.00306. The molecule has 0 spiro atoms. The zero-order chi connectivity index (χ0) is 19.8. The molecule has 0 aliphatic carbocycles. The van der Waals surface area contributed by atoms with Gasteiger partial charge in [0.15, 0.2) is 6.61 Å². The second-order valence-corrected chi connectivity index (χ2v) is 6.37. The Bertz CT molecular complexity index is 835. The van der Waals surface area contributed by atoms with E-state index in [2.05, 4.69) is 10.1 Å². The van der Waals surface area contributed by atoms with E-state index in [1.54, 1.807) is 24.3 Å². The molecule has 1 aromatic heterocycles. The molecule has 0 radical (unpaired) electrons. The number of amides is 1. The van der Waals surface area contributed by atoms with E-state index in [1.807, 2.05) is 6.07 Å². The number of hydrogen-bond donors (Lipinski definition) is 1. The number of esters is 2. The summed E-state index contributed by atoms with van der Waals surface area (Å²) >= 11 is 0.646. The van der Waals surface area contributed by atoms with Crippen molar-refractivity contribution in [2.75, 3.05) is 13.7 Å². The van der Waals surface area contributed by atoms with Crippen molar-refractivity contribution in [1.82, 2.24) is 5.32 Å². The molecular weight excluding hydrogens is 376 g/mol. The molecule has 2 rings (SSSR count). The third-order valence-electron chi connectivity index (χ3n) is 3.41. The summed E-state index contributed by atoms with van der Waals surface area (Å²) in [6.07, 6.45) is 0.213. The molecular formula is C17H16N2O7S. The second-order valence-electron chi connectivity index (χ2n) is 5.30. The van der Waals surface area contributed by atoms with Crippen molar-refractivity contribution < 1.29 is 28.8 Å². The molecule has 27 heavy (non-hydrogen) atoms. The number of hydrogen-bond acceptors (Lipinski definition) is 8. The molecule has 0 saturated carbocycles. The first-order valence-electron chi connectivity index (χ1n) is 7.73. The number of nitro groups is 1. The smallest absolute Gasteiger partial charge is 0.349 e. The number of methoxy groups -OCH3 is 1. The fourth-order valence-electron chi connectivity index (χ4n) is 2.16. The Morgan fingerprint density at radius 2 is 1.89 bits per heavy atom. The van der Waals surface area contributed by atoms with Crippen LogP contribution in [0.5, 0.6) is 0 Å².